The van der Waals surface area contributed by atoms with Gasteiger partial charge < -0.3 is 9.08 Å². The molecule has 0 radical (unpaired) electrons. The van der Waals surface area contributed by atoms with Gasteiger partial charge in [0.05, 0.1) is 0 Å². The first-order chi connectivity index (χ1) is 14.8. The summed E-state index contributed by atoms with van der Waals surface area (Å²) in [4.78, 5) is 15.0. The highest BCUT2D eigenvalue weighted by Crippen LogP contribution is 2.32. The number of hydrogen-bond acceptors (Lipinski definition) is 4. The molecule has 0 heterocycles. The van der Waals surface area contributed by atoms with Gasteiger partial charge in [-0.1, -0.05) is 38.8 Å². The third-order valence-electron chi connectivity index (χ3n) is 5.58. The first kappa shape index (κ1) is 23.3. The highest BCUT2D eigenvalue weighted by Gasteiger charge is 2.35. The average molecular weight is 448 g/mol. The van der Waals surface area contributed by atoms with E-state index in [1.54, 1.807) is 18.2 Å². The summed E-state index contributed by atoms with van der Waals surface area (Å²) >= 11 is 0. The van der Waals surface area contributed by atoms with Crippen LogP contribution < -0.4 is 4.18 Å². The molecule has 0 spiro atoms. The van der Waals surface area contributed by atoms with E-state index in [0.717, 1.165) is 56.2 Å². The maximum absolute atomic E-state index is 13.2. The minimum atomic E-state index is -4.07. The standard InChI is InChI=1S/C24H30FNO4S/c1-3-5-8-19(4-2)24(27)26(21-12-13-21)17-18-7-6-9-22(16-18)30-31(28,29)23-14-10-20(25)11-15-23/h6-7,9-11,14-16,19,21H,3-5,8,12-13,17H2,1-2H3/t19-/m0/s1. The molecule has 0 saturated heterocycles. The second kappa shape index (κ2) is 10.3. The van der Waals surface area contributed by atoms with E-state index < -0.39 is 15.9 Å². The van der Waals surface area contributed by atoms with Gasteiger partial charge >= 0.3 is 10.1 Å². The van der Waals surface area contributed by atoms with E-state index in [2.05, 4.69) is 13.8 Å². The fourth-order valence-corrected chi connectivity index (χ4v) is 4.55. The second-order valence-corrected chi connectivity index (χ2v) is 9.63. The van der Waals surface area contributed by atoms with Crippen molar-refractivity contribution < 1.29 is 21.8 Å². The van der Waals surface area contributed by atoms with E-state index in [-0.39, 0.29) is 28.5 Å². The topological polar surface area (TPSA) is 63.7 Å². The van der Waals surface area contributed by atoms with Gasteiger partial charge in [-0.05, 0) is 67.6 Å². The van der Waals surface area contributed by atoms with E-state index in [9.17, 15) is 17.6 Å². The van der Waals surface area contributed by atoms with Gasteiger partial charge in [0.15, 0.2) is 0 Å². The molecule has 0 aromatic heterocycles. The molecule has 1 aliphatic carbocycles. The zero-order valence-corrected chi connectivity index (χ0v) is 18.9. The molecule has 7 heteroatoms. The lowest BCUT2D eigenvalue weighted by Crippen LogP contribution is -2.37. The van der Waals surface area contributed by atoms with Crippen LogP contribution in [0.25, 0.3) is 0 Å². The van der Waals surface area contributed by atoms with Crippen molar-refractivity contribution in [3.63, 3.8) is 0 Å². The SMILES string of the molecule is CCCC[C@H](CC)C(=O)N(Cc1cccc(OS(=O)(=O)c2ccc(F)cc2)c1)C1CC1. The Labute approximate surface area is 184 Å². The lowest BCUT2D eigenvalue weighted by atomic mass is 9.97. The Kier molecular flexibility index (Phi) is 7.70. The molecule has 0 unspecified atom stereocenters. The predicted molar refractivity (Wildman–Crippen MR) is 118 cm³/mol. The minimum absolute atomic E-state index is 0.0267. The van der Waals surface area contributed by atoms with E-state index in [4.69, 9.17) is 4.18 Å². The van der Waals surface area contributed by atoms with Gasteiger partial charge in [0.1, 0.15) is 16.5 Å². The van der Waals surface area contributed by atoms with Crippen LogP contribution in [0.3, 0.4) is 0 Å². The number of halogens is 1. The Balaban J connectivity index is 1.74. The van der Waals surface area contributed by atoms with Gasteiger partial charge in [-0.15, -0.1) is 0 Å². The van der Waals surface area contributed by atoms with Gasteiger partial charge in [0.2, 0.25) is 5.91 Å². The van der Waals surface area contributed by atoms with Crippen molar-refractivity contribution in [1.29, 1.82) is 0 Å². The van der Waals surface area contributed by atoms with Gasteiger partial charge in [0, 0.05) is 18.5 Å². The van der Waals surface area contributed by atoms with Crippen LogP contribution in [0.15, 0.2) is 53.4 Å². The number of carbonyl (C=O) groups is 1. The van der Waals surface area contributed by atoms with E-state index in [0.29, 0.717) is 6.54 Å². The van der Waals surface area contributed by atoms with Crippen molar-refractivity contribution >= 4 is 16.0 Å². The molecule has 1 fully saturated rings. The minimum Gasteiger partial charge on any atom is -0.379 e. The summed E-state index contributed by atoms with van der Waals surface area (Å²) in [5, 5.41) is 0. The van der Waals surface area contributed by atoms with E-state index in [1.807, 2.05) is 11.0 Å². The lowest BCUT2D eigenvalue weighted by molar-refractivity contribution is -0.137. The number of amides is 1. The Bertz CT molecular complexity index is 987. The first-order valence-corrected chi connectivity index (χ1v) is 12.3. The Morgan fingerprint density at radius 3 is 2.48 bits per heavy atom. The molecule has 1 amide bonds. The fraction of sp³-hybridized carbons (Fsp3) is 0.458. The Hall–Kier alpha value is -2.41. The third kappa shape index (κ3) is 6.29. The van der Waals surface area contributed by atoms with Crippen LogP contribution >= 0.6 is 0 Å². The number of benzene rings is 2. The Morgan fingerprint density at radius 1 is 1.16 bits per heavy atom. The lowest BCUT2D eigenvalue weighted by Gasteiger charge is -2.27. The van der Waals surface area contributed by atoms with Crippen LogP contribution in [0.5, 0.6) is 5.75 Å². The number of nitrogens with zero attached hydrogens (tertiary/aromatic N) is 1. The van der Waals surface area contributed by atoms with Crippen molar-refractivity contribution in [2.24, 2.45) is 5.92 Å². The molecule has 5 nitrogen and oxygen atoms in total. The zero-order chi connectivity index (χ0) is 22.4. The summed E-state index contributed by atoms with van der Waals surface area (Å²) in [6.45, 7) is 4.61. The molecule has 2 aromatic carbocycles. The average Bonchev–Trinajstić information content (AvgIpc) is 3.58. The third-order valence-corrected chi connectivity index (χ3v) is 6.84. The van der Waals surface area contributed by atoms with Gasteiger partial charge in [-0.3, -0.25) is 4.79 Å². The van der Waals surface area contributed by atoms with Crippen LogP contribution in [0.4, 0.5) is 4.39 Å². The molecular weight excluding hydrogens is 417 g/mol. The summed E-state index contributed by atoms with van der Waals surface area (Å²) in [7, 11) is -4.07. The quantitative estimate of drug-likeness (QED) is 0.439. The van der Waals surface area contributed by atoms with Crippen LogP contribution in [-0.4, -0.2) is 25.3 Å². The maximum atomic E-state index is 13.2. The normalized spacial score (nSPS) is 14.8. The molecule has 2 aromatic rings. The van der Waals surface area contributed by atoms with Crippen molar-refractivity contribution in [3.8, 4) is 5.75 Å². The molecule has 0 aliphatic heterocycles. The summed E-state index contributed by atoms with van der Waals surface area (Å²) in [6, 6.07) is 11.5. The second-order valence-electron chi connectivity index (χ2n) is 8.08. The number of unbranched alkanes of at least 4 members (excludes halogenated alkanes) is 1. The van der Waals surface area contributed by atoms with Crippen molar-refractivity contribution in [2.75, 3.05) is 0 Å². The molecule has 1 aliphatic rings. The van der Waals surface area contributed by atoms with Crippen molar-refractivity contribution in [3.05, 3.63) is 59.9 Å². The van der Waals surface area contributed by atoms with Gasteiger partial charge in [-0.25, -0.2) is 4.39 Å². The van der Waals surface area contributed by atoms with Gasteiger partial charge in [-0.2, -0.15) is 8.42 Å². The van der Waals surface area contributed by atoms with Crippen molar-refractivity contribution in [1.82, 2.24) is 4.90 Å². The molecule has 31 heavy (non-hydrogen) atoms. The van der Waals surface area contributed by atoms with Crippen LogP contribution in [0, 0.1) is 11.7 Å². The van der Waals surface area contributed by atoms with Crippen LogP contribution in [0.1, 0.15) is 57.9 Å². The number of carbonyl (C=O) groups excluding carboxylic acids is 1. The highest BCUT2D eigenvalue weighted by molar-refractivity contribution is 7.87. The molecule has 0 N–H and O–H groups in total. The molecule has 168 valence electrons. The highest BCUT2D eigenvalue weighted by atomic mass is 32.2. The fourth-order valence-electron chi connectivity index (χ4n) is 3.63. The van der Waals surface area contributed by atoms with Crippen molar-refractivity contribution in [2.45, 2.75) is 69.9 Å². The first-order valence-electron chi connectivity index (χ1n) is 10.9. The largest absolute Gasteiger partial charge is 0.379 e. The van der Waals surface area contributed by atoms with Crippen LogP contribution in [0.2, 0.25) is 0 Å². The van der Waals surface area contributed by atoms with Gasteiger partial charge in [0.25, 0.3) is 0 Å². The van der Waals surface area contributed by atoms with E-state index in [1.165, 1.54) is 12.1 Å². The summed E-state index contributed by atoms with van der Waals surface area (Å²) in [5.74, 6) is -0.138. The van der Waals surface area contributed by atoms with Crippen LogP contribution in [-0.2, 0) is 21.5 Å². The smallest absolute Gasteiger partial charge is 0.339 e. The molecule has 1 saturated carbocycles. The molecular formula is C24H30FNO4S. The van der Waals surface area contributed by atoms with E-state index >= 15 is 0 Å². The summed E-state index contributed by atoms with van der Waals surface area (Å²) in [5.41, 5.74) is 0.817. The Morgan fingerprint density at radius 2 is 1.87 bits per heavy atom. The monoisotopic (exact) mass is 447 g/mol. The number of hydrogen-bond donors (Lipinski definition) is 0. The maximum Gasteiger partial charge on any atom is 0.339 e. The zero-order valence-electron chi connectivity index (χ0n) is 18.1. The molecule has 1 atom stereocenters. The number of rotatable bonds is 11. The predicted octanol–water partition coefficient (Wildman–Crippen LogP) is 5.30. The summed E-state index contributed by atoms with van der Waals surface area (Å²) < 4.78 is 43.3. The summed E-state index contributed by atoms with van der Waals surface area (Å²) in [6.07, 6.45) is 5.83. The molecule has 3 rings (SSSR count). The molecule has 0 bridgehead atoms.